The van der Waals surface area contributed by atoms with Gasteiger partial charge in [-0.15, -0.1) is 0 Å². The van der Waals surface area contributed by atoms with Crippen LogP contribution in [-0.4, -0.2) is 14.7 Å². The molecule has 2 N–H and O–H groups in total. The van der Waals surface area contributed by atoms with E-state index in [1.54, 1.807) is 0 Å². The fourth-order valence-corrected chi connectivity index (χ4v) is 3.00. The van der Waals surface area contributed by atoms with Gasteiger partial charge in [0.1, 0.15) is 0 Å². The lowest BCUT2D eigenvalue weighted by Crippen LogP contribution is -2.41. The van der Waals surface area contributed by atoms with Gasteiger partial charge in [0, 0.05) is 12.2 Å². The zero-order chi connectivity index (χ0) is 14.0. The van der Waals surface area contributed by atoms with E-state index < -0.39 is 0 Å². The fraction of sp³-hybridized carbons (Fsp3) is 0.714. The molecule has 0 spiro atoms. The molecule has 1 fully saturated rings. The van der Waals surface area contributed by atoms with Gasteiger partial charge in [-0.25, -0.2) is 4.79 Å². The fourth-order valence-electron chi connectivity index (χ4n) is 3.00. The summed E-state index contributed by atoms with van der Waals surface area (Å²) in [6.07, 6.45) is 5.14. The minimum absolute atomic E-state index is 0.0299. The molecule has 0 atom stereocenters. The van der Waals surface area contributed by atoms with E-state index in [1.807, 2.05) is 0 Å². The van der Waals surface area contributed by atoms with Crippen molar-refractivity contribution in [3.8, 4) is 0 Å². The van der Waals surface area contributed by atoms with Crippen molar-refractivity contribution in [3.63, 3.8) is 0 Å². The van der Waals surface area contributed by atoms with Crippen molar-refractivity contribution in [3.05, 3.63) is 32.6 Å². The van der Waals surface area contributed by atoms with Crippen molar-refractivity contribution in [1.29, 1.82) is 0 Å². The summed E-state index contributed by atoms with van der Waals surface area (Å²) >= 11 is 0. The number of nitrogens with one attached hydrogen (secondary N) is 1. The van der Waals surface area contributed by atoms with Gasteiger partial charge in [-0.05, 0) is 37.5 Å². The Morgan fingerprint density at radius 2 is 1.95 bits per heavy atom. The molecule has 106 valence electrons. The van der Waals surface area contributed by atoms with E-state index >= 15 is 0 Å². The van der Waals surface area contributed by atoms with Crippen LogP contribution >= 0.6 is 0 Å². The van der Waals surface area contributed by atoms with Crippen LogP contribution in [0, 0.1) is 11.8 Å². The molecule has 5 nitrogen and oxygen atoms in total. The zero-order valence-corrected chi connectivity index (χ0v) is 11.6. The molecule has 0 aliphatic heterocycles. The second kappa shape index (κ2) is 5.74. The summed E-state index contributed by atoms with van der Waals surface area (Å²) in [6, 6.07) is -0.0299. The van der Waals surface area contributed by atoms with Crippen LogP contribution in [0.4, 0.5) is 0 Å². The second-order valence-electron chi connectivity index (χ2n) is 5.76. The molecule has 0 saturated heterocycles. The third kappa shape index (κ3) is 2.81. The number of hydrogen-bond donors (Lipinski definition) is 2. The lowest BCUT2D eigenvalue weighted by atomic mass is 9.79. The Morgan fingerprint density at radius 3 is 2.47 bits per heavy atom. The molecule has 0 unspecified atom stereocenters. The number of aliphatic hydroxyl groups excluding tert-OH is 1. The van der Waals surface area contributed by atoms with Gasteiger partial charge in [-0.2, -0.15) is 0 Å². The molecule has 1 aromatic rings. The Morgan fingerprint density at radius 1 is 1.32 bits per heavy atom. The molecule has 1 aliphatic rings. The minimum Gasteiger partial charge on any atom is -0.391 e. The van der Waals surface area contributed by atoms with E-state index in [0.717, 1.165) is 25.7 Å². The van der Waals surface area contributed by atoms with Crippen LogP contribution in [0.2, 0.25) is 0 Å². The summed E-state index contributed by atoms with van der Waals surface area (Å²) in [4.78, 5) is 26.5. The number of rotatable bonds is 3. The van der Waals surface area contributed by atoms with Gasteiger partial charge >= 0.3 is 5.69 Å². The SMILES string of the molecule is CC(C)C1CCC(n2c(=O)[nH]cc(CO)c2=O)CC1. The molecule has 0 aromatic carbocycles. The molecule has 5 heteroatoms. The van der Waals surface area contributed by atoms with Gasteiger partial charge in [0.2, 0.25) is 0 Å². The molecule has 1 saturated carbocycles. The van der Waals surface area contributed by atoms with Crippen molar-refractivity contribution in [2.75, 3.05) is 0 Å². The first-order chi connectivity index (χ1) is 9.04. The summed E-state index contributed by atoms with van der Waals surface area (Å²) in [7, 11) is 0. The van der Waals surface area contributed by atoms with Crippen LogP contribution in [-0.2, 0) is 6.61 Å². The average molecular weight is 266 g/mol. The van der Waals surface area contributed by atoms with Gasteiger partial charge < -0.3 is 10.1 Å². The Kier molecular flexibility index (Phi) is 4.24. The molecule has 1 aromatic heterocycles. The summed E-state index contributed by atoms with van der Waals surface area (Å²) in [6.45, 7) is 4.10. The van der Waals surface area contributed by atoms with E-state index in [4.69, 9.17) is 5.11 Å². The number of H-pyrrole nitrogens is 1. The Hall–Kier alpha value is -1.36. The monoisotopic (exact) mass is 266 g/mol. The van der Waals surface area contributed by atoms with E-state index in [-0.39, 0.29) is 29.5 Å². The van der Waals surface area contributed by atoms with E-state index in [0.29, 0.717) is 11.8 Å². The number of nitrogens with zero attached hydrogens (tertiary/aromatic N) is 1. The van der Waals surface area contributed by atoms with Gasteiger partial charge in [0.15, 0.2) is 0 Å². The highest BCUT2D eigenvalue weighted by atomic mass is 16.3. The van der Waals surface area contributed by atoms with E-state index in [9.17, 15) is 9.59 Å². The molecule has 0 radical (unpaired) electrons. The van der Waals surface area contributed by atoms with Gasteiger partial charge in [-0.3, -0.25) is 9.36 Å². The first-order valence-corrected chi connectivity index (χ1v) is 6.98. The second-order valence-corrected chi connectivity index (χ2v) is 5.76. The quantitative estimate of drug-likeness (QED) is 0.868. The Bertz CT molecular complexity index is 536. The molecule has 0 amide bonds. The van der Waals surface area contributed by atoms with Crippen LogP contribution in [0.3, 0.4) is 0 Å². The minimum atomic E-state index is -0.366. The molecular formula is C14H22N2O3. The van der Waals surface area contributed by atoms with E-state index in [1.165, 1.54) is 10.8 Å². The zero-order valence-electron chi connectivity index (χ0n) is 11.6. The first-order valence-electron chi connectivity index (χ1n) is 6.98. The van der Waals surface area contributed by atoms with Crippen LogP contribution in [0.1, 0.15) is 51.1 Å². The standard InChI is InChI=1S/C14H22N2O3/c1-9(2)10-3-5-12(6-4-10)16-13(18)11(8-17)7-15-14(16)19/h7,9-10,12,17H,3-6,8H2,1-2H3,(H,15,19). The van der Waals surface area contributed by atoms with Crippen molar-refractivity contribution in [2.45, 2.75) is 52.2 Å². The number of aromatic amines is 1. The summed E-state index contributed by atoms with van der Waals surface area (Å²) < 4.78 is 1.29. The maximum atomic E-state index is 12.1. The molecule has 1 aliphatic carbocycles. The smallest absolute Gasteiger partial charge is 0.328 e. The third-order valence-electron chi connectivity index (χ3n) is 4.30. The molecule has 1 heterocycles. The molecule has 2 rings (SSSR count). The summed E-state index contributed by atoms with van der Waals surface area (Å²) in [5.74, 6) is 1.34. The summed E-state index contributed by atoms with van der Waals surface area (Å²) in [5.41, 5.74) is -0.458. The maximum Gasteiger partial charge on any atom is 0.328 e. The lowest BCUT2D eigenvalue weighted by Gasteiger charge is -2.31. The average Bonchev–Trinajstić information content (AvgIpc) is 2.39. The predicted molar refractivity (Wildman–Crippen MR) is 73.1 cm³/mol. The number of aromatic nitrogens is 2. The largest absolute Gasteiger partial charge is 0.391 e. The first kappa shape index (κ1) is 14.1. The van der Waals surface area contributed by atoms with Crippen LogP contribution in [0.5, 0.6) is 0 Å². The number of hydrogen-bond acceptors (Lipinski definition) is 3. The molecule has 0 bridgehead atoms. The van der Waals surface area contributed by atoms with Crippen LogP contribution < -0.4 is 11.2 Å². The van der Waals surface area contributed by atoms with Crippen molar-refractivity contribution < 1.29 is 5.11 Å². The maximum absolute atomic E-state index is 12.1. The highest BCUT2D eigenvalue weighted by Gasteiger charge is 2.26. The van der Waals surface area contributed by atoms with Crippen LogP contribution in [0.15, 0.2) is 15.8 Å². The van der Waals surface area contributed by atoms with Crippen LogP contribution in [0.25, 0.3) is 0 Å². The van der Waals surface area contributed by atoms with Crippen molar-refractivity contribution in [1.82, 2.24) is 9.55 Å². The Balaban J connectivity index is 2.25. The van der Waals surface area contributed by atoms with E-state index in [2.05, 4.69) is 18.8 Å². The lowest BCUT2D eigenvalue weighted by molar-refractivity contribution is 0.217. The predicted octanol–water partition coefficient (Wildman–Crippen LogP) is 1.42. The Labute approximate surface area is 112 Å². The molecular weight excluding hydrogens is 244 g/mol. The van der Waals surface area contributed by atoms with Crippen molar-refractivity contribution in [2.24, 2.45) is 11.8 Å². The van der Waals surface area contributed by atoms with Crippen molar-refractivity contribution >= 4 is 0 Å². The third-order valence-corrected chi connectivity index (χ3v) is 4.30. The van der Waals surface area contributed by atoms with Gasteiger partial charge in [0.25, 0.3) is 5.56 Å². The summed E-state index contributed by atoms with van der Waals surface area (Å²) in [5, 5.41) is 9.11. The highest BCUT2D eigenvalue weighted by Crippen LogP contribution is 2.34. The van der Waals surface area contributed by atoms with Gasteiger partial charge in [-0.1, -0.05) is 13.8 Å². The topological polar surface area (TPSA) is 75.1 Å². The highest BCUT2D eigenvalue weighted by molar-refractivity contribution is 5.04. The normalized spacial score (nSPS) is 23.8. The molecule has 19 heavy (non-hydrogen) atoms. The number of aliphatic hydroxyl groups is 1. The van der Waals surface area contributed by atoms with Gasteiger partial charge in [0.05, 0.1) is 12.2 Å².